The molecule has 0 unspecified atom stereocenters. The highest BCUT2D eigenvalue weighted by Gasteiger charge is 2.19. The lowest BCUT2D eigenvalue weighted by molar-refractivity contribution is 0.328. The average molecular weight is 362 g/mol. The minimum absolute atomic E-state index is 0.434. The number of halogens is 1. The van der Waals surface area contributed by atoms with Crippen molar-refractivity contribution in [3.05, 3.63) is 35.2 Å². The number of hydrogen-bond donors (Lipinski definition) is 2. The van der Waals surface area contributed by atoms with Gasteiger partial charge in [0.05, 0.1) is 6.54 Å². The number of guanidine groups is 1. The monoisotopic (exact) mass is 361 g/mol. The van der Waals surface area contributed by atoms with Gasteiger partial charge in [0, 0.05) is 23.7 Å². The van der Waals surface area contributed by atoms with Crippen molar-refractivity contribution in [2.75, 3.05) is 7.05 Å². The van der Waals surface area contributed by atoms with Crippen LogP contribution in [0.4, 0.5) is 0 Å². The highest BCUT2D eigenvalue weighted by Crippen LogP contribution is 2.23. The Balaban J connectivity index is 1.53. The van der Waals surface area contributed by atoms with Crippen LogP contribution in [-0.2, 0) is 6.54 Å². The molecule has 25 heavy (non-hydrogen) atoms. The van der Waals surface area contributed by atoms with Crippen LogP contribution < -0.4 is 10.6 Å². The molecule has 0 amide bonds. The molecular formula is C18H24ClN5O. The van der Waals surface area contributed by atoms with Crippen LogP contribution in [0.3, 0.4) is 0 Å². The number of nitrogens with zero attached hydrogens (tertiary/aromatic N) is 3. The molecule has 0 saturated heterocycles. The Morgan fingerprint density at radius 2 is 1.96 bits per heavy atom. The number of benzene rings is 1. The number of hydrogen-bond acceptors (Lipinski definition) is 4. The van der Waals surface area contributed by atoms with E-state index in [2.05, 4.69) is 32.7 Å². The Morgan fingerprint density at radius 1 is 1.24 bits per heavy atom. The number of nitrogens with one attached hydrogen (secondary N) is 2. The van der Waals surface area contributed by atoms with Crippen LogP contribution in [0.2, 0.25) is 5.02 Å². The summed E-state index contributed by atoms with van der Waals surface area (Å²) < 4.78 is 5.31. The number of rotatable bonds is 4. The number of aromatic nitrogens is 2. The van der Waals surface area contributed by atoms with Gasteiger partial charge in [-0.15, -0.1) is 0 Å². The van der Waals surface area contributed by atoms with E-state index in [0.717, 1.165) is 17.4 Å². The van der Waals surface area contributed by atoms with Crippen molar-refractivity contribution in [3.63, 3.8) is 0 Å². The third kappa shape index (κ3) is 4.95. The zero-order valence-electron chi connectivity index (χ0n) is 14.6. The molecule has 1 aliphatic carbocycles. The summed E-state index contributed by atoms with van der Waals surface area (Å²) >= 11 is 5.90. The molecule has 6 nitrogen and oxygen atoms in total. The first kappa shape index (κ1) is 17.7. The van der Waals surface area contributed by atoms with Gasteiger partial charge in [-0.2, -0.15) is 4.98 Å². The lowest BCUT2D eigenvalue weighted by Crippen LogP contribution is -2.44. The molecule has 134 valence electrons. The van der Waals surface area contributed by atoms with Gasteiger partial charge in [0.2, 0.25) is 11.7 Å². The van der Waals surface area contributed by atoms with Crippen molar-refractivity contribution in [2.45, 2.75) is 45.2 Å². The van der Waals surface area contributed by atoms with Crippen molar-refractivity contribution in [1.82, 2.24) is 20.8 Å². The molecule has 3 rings (SSSR count). The Kier molecular flexibility index (Phi) is 5.91. The fraction of sp³-hybridized carbons (Fsp3) is 0.500. The van der Waals surface area contributed by atoms with Gasteiger partial charge in [-0.25, -0.2) is 0 Å². The smallest absolute Gasteiger partial charge is 0.246 e. The van der Waals surface area contributed by atoms with E-state index < -0.39 is 0 Å². The number of aliphatic imine (C=N–C) groups is 1. The lowest BCUT2D eigenvalue weighted by Gasteiger charge is -2.28. The Morgan fingerprint density at radius 3 is 2.64 bits per heavy atom. The molecule has 2 aromatic rings. The molecule has 1 aromatic heterocycles. The third-order valence-electron chi connectivity index (χ3n) is 4.56. The second kappa shape index (κ2) is 8.34. The van der Waals surface area contributed by atoms with Gasteiger partial charge in [-0.1, -0.05) is 23.7 Å². The maximum absolute atomic E-state index is 5.90. The van der Waals surface area contributed by atoms with Crippen molar-refractivity contribution in [2.24, 2.45) is 10.9 Å². The molecule has 1 saturated carbocycles. The highest BCUT2D eigenvalue weighted by molar-refractivity contribution is 6.30. The van der Waals surface area contributed by atoms with Gasteiger partial charge in [-0.3, -0.25) is 4.99 Å². The second-order valence-corrected chi connectivity index (χ2v) is 6.98. The van der Waals surface area contributed by atoms with E-state index in [0.29, 0.717) is 29.3 Å². The fourth-order valence-electron chi connectivity index (χ4n) is 2.99. The first-order valence-corrected chi connectivity index (χ1v) is 9.07. The Hall–Kier alpha value is -2.08. The van der Waals surface area contributed by atoms with Gasteiger partial charge >= 0.3 is 0 Å². The molecule has 1 fully saturated rings. The SMILES string of the molecule is CN=C(NCc1nc(-c2ccc(Cl)cc2)no1)NC1CCC(C)CC1. The molecule has 1 aliphatic rings. The lowest BCUT2D eigenvalue weighted by atomic mass is 9.87. The van der Waals surface area contributed by atoms with E-state index in [4.69, 9.17) is 16.1 Å². The molecule has 0 bridgehead atoms. The molecule has 2 N–H and O–H groups in total. The van der Waals surface area contributed by atoms with Crippen molar-refractivity contribution in [1.29, 1.82) is 0 Å². The summed E-state index contributed by atoms with van der Waals surface area (Å²) in [7, 11) is 1.77. The zero-order chi connectivity index (χ0) is 17.6. The van der Waals surface area contributed by atoms with E-state index in [1.54, 1.807) is 7.05 Å². The van der Waals surface area contributed by atoms with E-state index >= 15 is 0 Å². The topological polar surface area (TPSA) is 75.3 Å². The van der Waals surface area contributed by atoms with E-state index in [1.165, 1.54) is 25.7 Å². The average Bonchev–Trinajstić information content (AvgIpc) is 3.10. The summed E-state index contributed by atoms with van der Waals surface area (Å²) in [5.74, 6) is 2.67. The predicted molar refractivity (Wildman–Crippen MR) is 99.5 cm³/mol. The Bertz CT molecular complexity index is 705. The van der Waals surface area contributed by atoms with Crippen molar-refractivity contribution in [3.8, 4) is 11.4 Å². The standard InChI is InChI=1S/C18H24ClN5O/c1-12-3-9-15(10-4-12)22-18(20-2)21-11-16-23-17(24-25-16)13-5-7-14(19)8-6-13/h5-8,12,15H,3-4,9-11H2,1-2H3,(H2,20,21,22). The maximum Gasteiger partial charge on any atom is 0.246 e. The summed E-state index contributed by atoms with van der Waals surface area (Å²) in [5, 5.41) is 11.4. The van der Waals surface area contributed by atoms with Gasteiger partial charge < -0.3 is 15.2 Å². The molecule has 1 aromatic carbocycles. The fourth-order valence-corrected chi connectivity index (χ4v) is 3.12. The first-order chi connectivity index (χ1) is 12.1. The molecular weight excluding hydrogens is 338 g/mol. The quantitative estimate of drug-likeness (QED) is 0.642. The molecule has 0 atom stereocenters. The van der Waals surface area contributed by atoms with E-state index in [-0.39, 0.29) is 0 Å². The van der Waals surface area contributed by atoms with Crippen LogP contribution in [0.5, 0.6) is 0 Å². The van der Waals surface area contributed by atoms with Crippen molar-refractivity contribution >= 4 is 17.6 Å². The van der Waals surface area contributed by atoms with Crippen LogP contribution in [0.1, 0.15) is 38.5 Å². The van der Waals surface area contributed by atoms with Gasteiger partial charge in [0.15, 0.2) is 5.96 Å². The second-order valence-electron chi connectivity index (χ2n) is 6.55. The van der Waals surface area contributed by atoms with Gasteiger partial charge in [-0.05, 0) is 55.9 Å². The molecule has 0 spiro atoms. The zero-order valence-corrected chi connectivity index (χ0v) is 15.4. The largest absolute Gasteiger partial charge is 0.354 e. The minimum atomic E-state index is 0.434. The van der Waals surface area contributed by atoms with Crippen LogP contribution in [0, 0.1) is 5.92 Å². The van der Waals surface area contributed by atoms with Crippen LogP contribution in [0.15, 0.2) is 33.8 Å². The minimum Gasteiger partial charge on any atom is -0.354 e. The molecule has 1 heterocycles. The molecule has 0 aliphatic heterocycles. The maximum atomic E-state index is 5.90. The molecule has 7 heteroatoms. The van der Waals surface area contributed by atoms with Crippen LogP contribution in [-0.4, -0.2) is 29.2 Å². The molecule has 0 radical (unpaired) electrons. The summed E-state index contributed by atoms with van der Waals surface area (Å²) in [4.78, 5) is 8.69. The van der Waals surface area contributed by atoms with E-state index in [1.807, 2.05) is 24.3 Å². The predicted octanol–water partition coefficient (Wildman–Crippen LogP) is 3.63. The Labute approximate surface area is 153 Å². The summed E-state index contributed by atoms with van der Waals surface area (Å²) in [6, 6.07) is 7.84. The van der Waals surface area contributed by atoms with Gasteiger partial charge in [0.1, 0.15) is 0 Å². The first-order valence-electron chi connectivity index (χ1n) is 8.69. The summed E-state index contributed by atoms with van der Waals surface area (Å²) in [6.07, 6.45) is 4.90. The van der Waals surface area contributed by atoms with Crippen molar-refractivity contribution < 1.29 is 4.52 Å². The van der Waals surface area contributed by atoms with Crippen LogP contribution in [0.25, 0.3) is 11.4 Å². The van der Waals surface area contributed by atoms with Crippen LogP contribution >= 0.6 is 11.6 Å². The van der Waals surface area contributed by atoms with E-state index in [9.17, 15) is 0 Å². The van der Waals surface area contributed by atoms with Gasteiger partial charge in [0.25, 0.3) is 0 Å². The summed E-state index contributed by atoms with van der Waals surface area (Å²) in [6.45, 7) is 2.75. The normalized spacial score (nSPS) is 21.2. The third-order valence-corrected chi connectivity index (χ3v) is 4.81. The highest BCUT2D eigenvalue weighted by atomic mass is 35.5. The summed E-state index contributed by atoms with van der Waals surface area (Å²) in [5.41, 5.74) is 0.873.